The number of aromatic nitrogens is 2. The minimum absolute atomic E-state index is 0.0419. The van der Waals surface area contributed by atoms with Crippen LogP contribution in [-0.4, -0.2) is 66.4 Å². The lowest BCUT2D eigenvalue weighted by Crippen LogP contribution is -2.48. The number of amides is 2. The number of carbonyl (C=O) groups is 2. The van der Waals surface area contributed by atoms with Crippen LogP contribution in [0.5, 0.6) is 0 Å². The summed E-state index contributed by atoms with van der Waals surface area (Å²) in [5.41, 5.74) is 1.59. The molecule has 4 rings (SSSR count). The van der Waals surface area contributed by atoms with Gasteiger partial charge in [-0.15, -0.1) is 0 Å². The Kier molecular flexibility index (Phi) is 13.0. The third-order valence-electron chi connectivity index (χ3n) is 7.12. The van der Waals surface area contributed by atoms with Crippen LogP contribution in [0.2, 0.25) is 0 Å². The summed E-state index contributed by atoms with van der Waals surface area (Å²) in [4.78, 5) is 28.3. The summed E-state index contributed by atoms with van der Waals surface area (Å²) in [6.07, 6.45) is 3.77. The van der Waals surface area contributed by atoms with Crippen LogP contribution in [-0.2, 0) is 11.3 Å². The van der Waals surface area contributed by atoms with Crippen molar-refractivity contribution in [1.29, 1.82) is 0 Å². The lowest BCUT2D eigenvalue weighted by molar-refractivity contribution is 0.102. The van der Waals surface area contributed by atoms with Crippen LogP contribution in [0.15, 0.2) is 36.9 Å². The van der Waals surface area contributed by atoms with Crippen molar-refractivity contribution in [2.24, 2.45) is 0 Å². The third kappa shape index (κ3) is 9.00. The lowest BCUT2D eigenvalue weighted by Gasteiger charge is -2.35. The maximum Gasteiger partial charge on any atom is 0.409 e. The molecule has 1 aromatic heterocycles. The Bertz CT molecular complexity index is 1540. The minimum Gasteiger partial charge on any atom is -0.453 e. The van der Waals surface area contributed by atoms with Crippen molar-refractivity contribution < 1.29 is 27.5 Å². The predicted molar refractivity (Wildman–Crippen MR) is 177 cm³/mol. The second-order valence-electron chi connectivity index (χ2n) is 11.2. The smallest absolute Gasteiger partial charge is 0.409 e. The van der Waals surface area contributed by atoms with Crippen LogP contribution >= 0.6 is 0 Å². The highest BCUT2D eigenvalue weighted by Crippen LogP contribution is 2.29. The number of allylic oxidation sites excluding steroid dienone is 1. The average molecular weight is 641 g/mol. The van der Waals surface area contributed by atoms with Gasteiger partial charge in [0.15, 0.2) is 5.82 Å². The van der Waals surface area contributed by atoms with Crippen molar-refractivity contribution in [3.63, 3.8) is 0 Å². The number of benzene rings is 2. The van der Waals surface area contributed by atoms with E-state index >= 15 is 13.2 Å². The highest BCUT2D eigenvalue weighted by Gasteiger charge is 2.24. The van der Waals surface area contributed by atoms with Gasteiger partial charge in [-0.2, -0.15) is 5.10 Å². The molecule has 1 aliphatic rings. The fourth-order valence-electron chi connectivity index (χ4n) is 4.81. The second kappa shape index (κ2) is 16.6. The molecule has 12 heteroatoms. The SMILES string of the molecule is C=Cc1[nH]nc(NC(=O)c2ccc(N3CCN(C(=O)OC)CC3)cc2F)c1/C=C(\C)c1c(F)cc(CNC(C)C)cc1F.CCC. The molecule has 2 heterocycles. The van der Waals surface area contributed by atoms with Gasteiger partial charge in [0.2, 0.25) is 0 Å². The van der Waals surface area contributed by atoms with Crippen LogP contribution in [0, 0.1) is 17.5 Å². The molecule has 46 heavy (non-hydrogen) atoms. The number of methoxy groups -OCH3 is 1. The van der Waals surface area contributed by atoms with Gasteiger partial charge in [-0.3, -0.25) is 9.89 Å². The topological polar surface area (TPSA) is 103 Å². The fourth-order valence-corrected chi connectivity index (χ4v) is 4.81. The lowest BCUT2D eigenvalue weighted by atomic mass is 10.0. The van der Waals surface area contributed by atoms with E-state index in [0.29, 0.717) is 55.2 Å². The number of hydrogen-bond donors (Lipinski definition) is 3. The summed E-state index contributed by atoms with van der Waals surface area (Å²) in [7, 11) is 1.32. The zero-order valence-corrected chi connectivity index (χ0v) is 27.3. The molecular weight excluding hydrogens is 597 g/mol. The maximum absolute atomic E-state index is 15.1. The molecule has 2 amide bonds. The molecule has 2 aromatic carbocycles. The van der Waals surface area contributed by atoms with Gasteiger partial charge in [0.1, 0.15) is 17.5 Å². The average Bonchev–Trinajstić information content (AvgIpc) is 3.40. The van der Waals surface area contributed by atoms with Gasteiger partial charge in [0.05, 0.1) is 18.4 Å². The molecule has 0 unspecified atom stereocenters. The van der Waals surface area contributed by atoms with Crippen LogP contribution in [0.4, 0.5) is 29.5 Å². The normalized spacial score (nSPS) is 13.3. The molecule has 0 atom stereocenters. The van der Waals surface area contributed by atoms with Crippen molar-refractivity contribution in [2.45, 2.75) is 53.6 Å². The van der Waals surface area contributed by atoms with E-state index in [9.17, 15) is 9.59 Å². The maximum atomic E-state index is 15.1. The van der Waals surface area contributed by atoms with E-state index in [4.69, 9.17) is 4.74 Å². The Labute approximate surface area is 268 Å². The molecular formula is C34H43F3N6O3. The quantitative estimate of drug-likeness (QED) is 0.231. The number of nitrogens with zero attached hydrogens (tertiary/aromatic N) is 3. The van der Waals surface area contributed by atoms with E-state index in [1.165, 1.54) is 49.9 Å². The van der Waals surface area contributed by atoms with E-state index in [-0.39, 0.29) is 28.6 Å². The van der Waals surface area contributed by atoms with Gasteiger partial charge in [-0.25, -0.2) is 18.0 Å². The third-order valence-corrected chi connectivity index (χ3v) is 7.12. The number of rotatable bonds is 9. The Morgan fingerprint density at radius 2 is 1.70 bits per heavy atom. The number of aromatic amines is 1. The summed E-state index contributed by atoms with van der Waals surface area (Å²) >= 11 is 0. The first-order valence-electron chi connectivity index (χ1n) is 15.2. The van der Waals surface area contributed by atoms with Crippen LogP contribution in [0.1, 0.15) is 73.8 Å². The summed E-state index contributed by atoms with van der Waals surface area (Å²) in [5, 5.41) is 12.5. The number of anilines is 2. The molecule has 3 aromatic rings. The van der Waals surface area contributed by atoms with E-state index in [1.54, 1.807) is 17.9 Å². The number of carbonyl (C=O) groups excluding carboxylic acids is 2. The number of nitrogens with one attached hydrogen (secondary N) is 3. The minimum atomic E-state index is -0.756. The van der Waals surface area contributed by atoms with Crippen LogP contribution < -0.4 is 15.5 Å². The zero-order valence-electron chi connectivity index (χ0n) is 27.3. The van der Waals surface area contributed by atoms with Gasteiger partial charge >= 0.3 is 6.09 Å². The first-order valence-corrected chi connectivity index (χ1v) is 15.2. The largest absolute Gasteiger partial charge is 0.453 e. The van der Waals surface area contributed by atoms with Crippen molar-refractivity contribution >= 4 is 41.2 Å². The number of ether oxygens (including phenoxy) is 1. The zero-order chi connectivity index (χ0) is 34.0. The van der Waals surface area contributed by atoms with Gasteiger partial charge in [0, 0.05) is 55.6 Å². The summed E-state index contributed by atoms with van der Waals surface area (Å²) in [5.74, 6) is -2.90. The highest BCUT2D eigenvalue weighted by molar-refractivity contribution is 6.05. The Hall–Kier alpha value is -4.58. The highest BCUT2D eigenvalue weighted by atomic mass is 19.1. The number of H-pyrrole nitrogens is 1. The molecule has 0 aliphatic carbocycles. The molecule has 9 nitrogen and oxygen atoms in total. The molecule has 0 radical (unpaired) electrons. The van der Waals surface area contributed by atoms with Crippen LogP contribution in [0.3, 0.4) is 0 Å². The Morgan fingerprint density at radius 1 is 1.07 bits per heavy atom. The number of hydrogen-bond acceptors (Lipinski definition) is 6. The second-order valence-corrected chi connectivity index (χ2v) is 11.2. The fraction of sp³-hybridized carbons (Fsp3) is 0.382. The molecule has 1 fully saturated rings. The van der Waals surface area contributed by atoms with E-state index < -0.39 is 29.5 Å². The van der Waals surface area contributed by atoms with Gasteiger partial charge < -0.3 is 25.2 Å². The molecule has 0 bridgehead atoms. The number of piperazine rings is 1. The molecule has 0 saturated carbocycles. The van der Waals surface area contributed by atoms with Crippen molar-refractivity contribution in [3.8, 4) is 0 Å². The summed E-state index contributed by atoms with van der Waals surface area (Å²) in [6.45, 7) is 15.5. The summed E-state index contributed by atoms with van der Waals surface area (Å²) < 4.78 is 49.9. The van der Waals surface area contributed by atoms with Crippen LogP contribution in [0.25, 0.3) is 17.7 Å². The Balaban J connectivity index is 0.00000185. The monoisotopic (exact) mass is 640 g/mol. The standard InChI is InChI=1S/C31H35F3N6O3.C3H8/c1-6-27-23(13-19(4)28-25(33)14-20(15-26(28)34)17-35-18(2)3)29(38-37-27)36-30(41)22-8-7-21(16-24(22)32)39-9-11-40(12-10-39)31(42)43-5;1-3-2/h6-8,13-16,18,35H,1,9-12,17H2,2-5H3,(H2,36,37,38,41);3H2,1-2H3/b19-13+;. The van der Waals surface area contributed by atoms with E-state index in [1.807, 2.05) is 18.7 Å². The molecule has 248 valence electrons. The van der Waals surface area contributed by atoms with E-state index in [2.05, 4.69) is 41.3 Å². The number of halogens is 3. The molecule has 1 saturated heterocycles. The van der Waals surface area contributed by atoms with Gasteiger partial charge in [-0.1, -0.05) is 40.7 Å². The van der Waals surface area contributed by atoms with Gasteiger partial charge in [-0.05, 0) is 60.5 Å². The first-order chi connectivity index (χ1) is 21.9. The Morgan fingerprint density at radius 3 is 2.24 bits per heavy atom. The predicted octanol–water partition coefficient (Wildman–Crippen LogP) is 7.09. The molecule has 3 N–H and O–H groups in total. The van der Waals surface area contributed by atoms with Gasteiger partial charge in [0.25, 0.3) is 5.91 Å². The first kappa shape index (κ1) is 35.9. The van der Waals surface area contributed by atoms with Crippen molar-refractivity contribution in [1.82, 2.24) is 20.4 Å². The molecule has 1 aliphatic heterocycles. The van der Waals surface area contributed by atoms with Crippen molar-refractivity contribution in [2.75, 3.05) is 43.5 Å². The molecule has 0 spiro atoms. The van der Waals surface area contributed by atoms with E-state index in [0.717, 1.165) is 0 Å². The van der Waals surface area contributed by atoms with Crippen molar-refractivity contribution in [3.05, 3.63) is 82.3 Å². The summed E-state index contributed by atoms with van der Waals surface area (Å²) in [6, 6.07) is 6.98.